The first-order valence-corrected chi connectivity index (χ1v) is 15.2. The van der Waals surface area contributed by atoms with Gasteiger partial charge in [-0.2, -0.15) is 0 Å². The van der Waals surface area contributed by atoms with Crippen LogP contribution < -0.4 is 10.6 Å². The van der Waals surface area contributed by atoms with Gasteiger partial charge < -0.3 is 14.3 Å². The number of para-hydroxylation sites is 2. The molecule has 1 aliphatic carbocycles. The summed E-state index contributed by atoms with van der Waals surface area (Å²) in [6.07, 6.45) is 7.55. The maximum absolute atomic E-state index is 6.29. The second-order valence-corrected chi connectivity index (χ2v) is 11.6. The lowest BCUT2D eigenvalue weighted by atomic mass is 9.99. The molecule has 2 aliphatic rings. The highest BCUT2D eigenvalue weighted by molar-refractivity contribution is 6.16. The van der Waals surface area contributed by atoms with Crippen LogP contribution in [0.15, 0.2) is 155 Å². The third-order valence-corrected chi connectivity index (χ3v) is 8.97. The summed E-state index contributed by atoms with van der Waals surface area (Å²) in [5, 5.41) is 12.2. The number of furan rings is 1. The number of hydrogen-bond acceptors (Lipinski definition) is 4. The Morgan fingerprint density at radius 2 is 1.39 bits per heavy atom. The molecule has 9 rings (SSSR count). The zero-order valence-electron chi connectivity index (χ0n) is 24.0. The van der Waals surface area contributed by atoms with Crippen LogP contribution in [0.1, 0.15) is 35.9 Å². The van der Waals surface area contributed by atoms with Crippen molar-refractivity contribution in [3.05, 3.63) is 156 Å². The van der Waals surface area contributed by atoms with Crippen molar-refractivity contribution in [3.63, 3.8) is 0 Å². The van der Waals surface area contributed by atoms with E-state index in [4.69, 9.17) is 9.41 Å². The molecule has 0 amide bonds. The first kappa shape index (κ1) is 25.1. The lowest BCUT2D eigenvalue weighted by Gasteiger charge is -2.33. The highest BCUT2D eigenvalue weighted by atomic mass is 16.3. The van der Waals surface area contributed by atoms with Gasteiger partial charge in [0.1, 0.15) is 29.3 Å². The highest BCUT2D eigenvalue weighted by Gasteiger charge is 2.27. The van der Waals surface area contributed by atoms with E-state index in [1.54, 1.807) is 0 Å². The second kappa shape index (κ2) is 10.1. The molecule has 5 aromatic carbocycles. The molecule has 2 aromatic heterocycles. The van der Waals surface area contributed by atoms with Crippen LogP contribution in [0.25, 0.3) is 43.7 Å². The van der Waals surface area contributed by atoms with Crippen molar-refractivity contribution in [1.29, 1.82) is 0 Å². The largest absolute Gasteiger partial charge is 0.456 e. The minimum Gasteiger partial charge on any atom is -0.456 e. The van der Waals surface area contributed by atoms with Crippen LogP contribution >= 0.6 is 0 Å². The number of amidine groups is 1. The van der Waals surface area contributed by atoms with Gasteiger partial charge in [0.05, 0.1) is 11.6 Å². The van der Waals surface area contributed by atoms with E-state index in [0.29, 0.717) is 0 Å². The van der Waals surface area contributed by atoms with Crippen LogP contribution in [0.2, 0.25) is 0 Å². The SMILES string of the molecule is C1=CC(C2=NC(c3ccccc3)NC(c3ccccc3)N2)=CC(n2c3ccccc3c3cc4oc5ccccc5c4cc32)C1. The molecule has 3 heterocycles. The molecule has 2 N–H and O–H groups in total. The topological polar surface area (TPSA) is 54.5 Å². The molecule has 5 heteroatoms. The third-order valence-electron chi connectivity index (χ3n) is 8.97. The van der Waals surface area contributed by atoms with Crippen molar-refractivity contribution in [3.8, 4) is 0 Å². The van der Waals surface area contributed by atoms with Crippen LogP contribution in [-0.2, 0) is 0 Å². The molecule has 0 spiro atoms. The molecule has 0 fully saturated rings. The summed E-state index contributed by atoms with van der Waals surface area (Å²) < 4.78 is 8.79. The first-order chi connectivity index (χ1) is 21.8. The van der Waals surface area contributed by atoms with E-state index in [1.165, 1.54) is 27.4 Å². The number of aliphatic imine (C=N–C) groups is 1. The van der Waals surface area contributed by atoms with Crippen LogP contribution in [0, 0.1) is 0 Å². The molecular weight excluding hydrogens is 540 g/mol. The summed E-state index contributed by atoms with van der Waals surface area (Å²) in [5.41, 5.74) is 7.70. The van der Waals surface area contributed by atoms with Gasteiger partial charge in [-0.3, -0.25) is 5.32 Å². The maximum Gasteiger partial charge on any atom is 0.136 e. The molecule has 3 unspecified atom stereocenters. The van der Waals surface area contributed by atoms with Gasteiger partial charge >= 0.3 is 0 Å². The van der Waals surface area contributed by atoms with Crippen molar-refractivity contribution < 1.29 is 4.42 Å². The van der Waals surface area contributed by atoms with Gasteiger partial charge in [0.15, 0.2) is 0 Å². The number of nitrogens with one attached hydrogen (secondary N) is 2. The Labute approximate surface area is 254 Å². The molecule has 0 radical (unpaired) electrons. The van der Waals surface area contributed by atoms with Gasteiger partial charge in [-0.05, 0) is 41.8 Å². The Hall–Kier alpha value is -5.39. The summed E-state index contributed by atoms with van der Waals surface area (Å²) in [7, 11) is 0. The number of aromatic nitrogens is 1. The zero-order chi connectivity index (χ0) is 29.0. The lowest BCUT2D eigenvalue weighted by molar-refractivity contribution is 0.408. The van der Waals surface area contributed by atoms with Crippen molar-refractivity contribution in [2.75, 3.05) is 0 Å². The standard InChI is InChI=1S/C39H30N4O/c1-3-12-25(13-4-1)37-40-38(26-14-5-2-6-15-26)42-39(41-37)27-16-11-17-28(22-27)43-33-20-9-7-18-29(33)31-24-36-32(23-34(31)43)30-19-8-10-21-35(30)44-36/h1-16,18-24,28,37-38,40H,17H2,(H,41,42). The molecule has 212 valence electrons. The fraction of sp³-hybridized carbons (Fsp3) is 0.103. The number of fused-ring (bicyclic) bond motifs is 6. The van der Waals surface area contributed by atoms with Crippen molar-refractivity contribution >= 4 is 49.6 Å². The van der Waals surface area contributed by atoms with E-state index in [-0.39, 0.29) is 18.4 Å². The fourth-order valence-electron chi connectivity index (χ4n) is 6.91. The van der Waals surface area contributed by atoms with Gasteiger partial charge in [-0.1, -0.05) is 115 Å². The molecular formula is C39H30N4O. The van der Waals surface area contributed by atoms with E-state index in [0.717, 1.165) is 45.3 Å². The van der Waals surface area contributed by atoms with E-state index >= 15 is 0 Å². The Bertz CT molecular complexity index is 2270. The Morgan fingerprint density at radius 1 is 0.659 bits per heavy atom. The molecule has 5 nitrogen and oxygen atoms in total. The normalized spacial score (nSPS) is 20.2. The Morgan fingerprint density at radius 3 is 2.23 bits per heavy atom. The van der Waals surface area contributed by atoms with Gasteiger partial charge in [0, 0.05) is 32.6 Å². The number of nitrogens with zero attached hydrogens (tertiary/aromatic N) is 2. The van der Waals surface area contributed by atoms with E-state index in [1.807, 2.05) is 18.2 Å². The first-order valence-electron chi connectivity index (χ1n) is 15.2. The Kier molecular flexibility index (Phi) is 5.78. The van der Waals surface area contributed by atoms with E-state index in [9.17, 15) is 0 Å². The maximum atomic E-state index is 6.29. The van der Waals surface area contributed by atoms with Gasteiger partial charge in [0.25, 0.3) is 0 Å². The van der Waals surface area contributed by atoms with Crippen LogP contribution in [-0.4, -0.2) is 10.4 Å². The van der Waals surface area contributed by atoms with E-state index in [2.05, 4.69) is 137 Å². The number of benzene rings is 5. The zero-order valence-corrected chi connectivity index (χ0v) is 24.0. The molecule has 0 bridgehead atoms. The van der Waals surface area contributed by atoms with Crippen molar-refractivity contribution in [2.24, 2.45) is 4.99 Å². The molecule has 7 aromatic rings. The van der Waals surface area contributed by atoms with Crippen LogP contribution in [0.4, 0.5) is 0 Å². The summed E-state index contributed by atoms with van der Waals surface area (Å²) in [6, 6.07) is 42.7. The average molecular weight is 571 g/mol. The summed E-state index contributed by atoms with van der Waals surface area (Å²) in [5.74, 6) is 0.899. The molecule has 44 heavy (non-hydrogen) atoms. The van der Waals surface area contributed by atoms with Crippen molar-refractivity contribution in [1.82, 2.24) is 15.2 Å². The van der Waals surface area contributed by atoms with Gasteiger partial charge in [-0.15, -0.1) is 0 Å². The van der Waals surface area contributed by atoms with E-state index < -0.39 is 0 Å². The second-order valence-electron chi connectivity index (χ2n) is 11.6. The molecule has 0 saturated carbocycles. The molecule has 0 saturated heterocycles. The quantitative estimate of drug-likeness (QED) is 0.222. The smallest absolute Gasteiger partial charge is 0.136 e. The number of hydrogen-bond donors (Lipinski definition) is 2. The summed E-state index contributed by atoms with van der Waals surface area (Å²) >= 11 is 0. The minimum atomic E-state index is -0.164. The summed E-state index contributed by atoms with van der Waals surface area (Å²) in [6.45, 7) is 0. The monoisotopic (exact) mass is 570 g/mol. The fourth-order valence-corrected chi connectivity index (χ4v) is 6.91. The highest BCUT2D eigenvalue weighted by Crippen LogP contribution is 2.40. The minimum absolute atomic E-state index is 0.0699. The predicted molar refractivity (Wildman–Crippen MR) is 180 cm³/mol. The number of allylic oxidation sites excluding steroid dienone is 2. The number of rotatable bonds is 4. The van der Waals surface area contributed by atoms with Crippen LogP contribution in [0.3, 0.4) is 0 Å². The third kappa shape index (κ3) is 4.08. The predicted octanol–water partition coefficient (Wildman–Crippen LogP) is 9.11. The molecule has 3 atom stereocenters. The van der Waals surface area contributed by atoms with Gasteiger partial charge in [-0.25, -0.2) is 4.99 Å². The van der Waals surface area contributed by atoms with Crippen LogP contribution in [0.5, 0.6) is 0 Å². The average Bonchev–Trinajstić information content (AvgIpc) is 3.62. The Balaban J connectivity index is 1.19. The lowest BCUT2D eigenvalue weighted by Crippen LogP contribution is -2.45. The van der Waals surface area contributed by atoms with Gasteiger partial charge in [0.2, 0.25) is 0 Å². The van der Waals surface area contributed by atoms with Crippen molar-refractivity contribution in [2.45, 2.75) is 24.8 Å². The summed E-state index contributed by atoms with van der Waals surface area (Å²) in [4.78, 5) is 5.21. The molecule has 1 aliphatic heterocycles.